The highest BCUT2D eigenvalue weighted by Gasteiger charge is 2.26. The Balaban J connectivity index is 1.53. The quantitative estimate of drug-likeness (QED) is 0.453. The number of carbonyl (C=O) groups is 2. The molecule has 1 fully saturated rings. The summed E-state index contributed by atoms with van der Waals surface area (Å²) in [6, 6.07) is 13.7. The van der Waals surface area contributed by atoms with Gasteiger partial charge in [-0.1, -0.05) is 38.1 Å². The van der Waals surface area contributed by atoms with Gasteiger partial charge in [0, 0.05) is 24.9 Å². The molecule has 8 nitrogen and oxygen atoms in total. The predicted octanol–water partition coefficient (Wildman–Crippen LogP) is 3.41. The summed E-state index contributed by atoms with van der Waals surface area (Å²) >= 11 is 0. The molecule has 34 heavy (non-hydrogen) atoms. The van der Waals surface area contributed by atoms with Crippen LogP contribution in [0.25, 0.3) is 6.08 Å². The maximum Gasteiger partial charge on any atom is 0.331 e. The number of hydrogen-bond donors (Lipinski definition) is 1. The lowest BCUT2D eigenvalue weighted by molar-refractivity contribution is -0.148. The topological polar surface area (TPSA) is 102 Å². The van der Waals surface area contributed by atoms with Gasteiger partial charge in [-0.25, -0.2) is 13.2 Å². The van der Waals surface area contributed by atoms with Crippen LogP contribution in [0.5, 0.6) is 0 Å². The maximum absolute atomic E-state index is 12.7. The van der Waals surface area contributed by atoms with Crippen LogP contribution in [0.4, 0.5) is 5.69 Å². The van der Waals surface area contributed by atoms with E-state index in [-0.39, 0.29) is 4.90 Å². The van der Waals surface area contributed by atoms with Crippen molar-refractivity contribution in [3.63, 3.8) is 0 Å². The summed E-state index contributed by atoms with van der Waals surface area (Å²) in [7, 11) is -3.58. The van der Waals surface area contributed by atoms with Crippen LogP contribution in [0.3, 0.4) is 0 Å². The second kappa shape index (κ2) is 11.4. The summed E-state index contributed by atoms with van der Waals surface area (Å²) in [5.74, 6) is -0.721. The van der Waals surface area contributed by atoms with Crippen LogP contribution >= 0.6 is 0 Å². The van der Waals surface area contributed by atoms with Gasteiger partial charge in [0.05, 0.1) is 18.1 Å². The van der Waals surface area contributed by atoms with Crippen LogP contribution in [0.15, 0.2) is 59.5 Å². The standard InChI is InChI=1S/C25H30N2O6S/c1-18(2)21-7-9-22(10-8-21)26-25(29)19(3)33-24(28)13-6-20-4-11-23(12-5-20)34(30,31)27-14-16-32-17-15-27/h4-13,18-19H,14-17H2,1-3H3,(H,26,29)/b13-6+. The van der Waals surface area contributed by atoms with E-state index in [0.29, 0.717) is 43.5 Å². The SMILES string of the molecule is CC(OC(=O)/C=C/c1ccc(S(=O)(=O)N2CCOCC2)cc1)C(=O)Nc1ccc(C(C)C)cc1. The van der Waals surface area contributed by atoms with Crippen molar-refractivity contribution in [2.75, 3.05) is 31.6 Å². The maximum atomic E-state index is 12.7. The van der Waals surface area contributed by atoms with Crippen molar-refractivity contribution in [2.24, 2.45) is 0 Å². The molecule has 2 aromatic rings. The molecular formula is C25H30N2O6S. The lowest BCUT2D eigenvalue weighted by atomic mass is 10.0. The van der Waals surface area contributed by atoms with Crippen molar-refractivity contribution in [2.45, 2.75) is 37.7 Å². The highest BCUT2D eigenvalue weighted by Crippen LogP contribution is 2.19. The molecule has 1 atom stereocenters. The van der Waals surface area contributed by atoms with E-state index in [2.05, 4.69) is 19.2 Å². The highest BCUT2D eigenvalue weighted by atomic mass is 32.2. The third-order valence-electron chi connectivity index (χ3n) is 5.41. The van der Waals surface area contributed by atoms with E-state index in [0.717, 1.165) is 5.56 Å². The second-order valence-electron chi connectivity index (χ2n) is 8.26. The molecule has 1 N–H and O–H groups in total. The first-order valence-corrected chi connectivity index (χ1v) is 12.6. The molecule has 2 aromatic carbocycles. The molecule has 3 rings (SSSR count). The number of ether oxygens (including phenoxy) is 2. The van der Waals surface area contributed by atoms with Crippen LogP contribution in [-0.2, 0) is 29.1 Å². The summed E-state index contributed by atoms with van der Waals surface area (Å²) in [6.45, 7) is 7.07. The van der Waals surface area contributed by atoms with Crippen LogP contribution in [0, 0.1) is 0 Å². The molecular weight excluding hydrogens is 456 g/mol. The minimum atomic E-state index is -3.58. The summed E-state index contributed by atoms with van der Waals surface area (Å²) < 4.78 is 37.1. The number of nitrogens with one attached hydrogen (secondary N) is 1. The van der Waals surface area contributed by atoms with Crippen molar-refractivity contribution in [1.82, 2.24) is 4.31 Å². The summed E-state index contributed by atoms with van der Waals surface area (Å²) in [5.41, 5.74) is 2.41. The molecule has 0 bridgehead atoms. The summed E-state index contributed by atoms with van der Waals surface area (Å²) in [4.78, 5) is 24.6. The van der Waals surface area contributed by atoms with Gasteiger partial charge in [-0.15, -0.1) is 0 Å². The van der Waals surface area contributed by atoms with Gasteiger partial charge < -0.3 is 14.8 Å². The number of hydrogen-bond acceptors (Lipinski definition) is 6. The predicted molar refractivity (Wildman–Crippen MR) is 130 cm³/mol. The van der Waals surface area contributed by atoms with Gasteiger partial charge >= 0.3 is 5.97 Å². The van der Waals surface area contributed by atoms with Gasteiger partial charge in [0.1, 0.15) is 0 Å². The fraction of sp³-hybridized carbons (Fsp3) is 0.360. The number of morpholine rings is 1. The average Bonchev–Trinajstić information content (AvgIpc) is 2.84. The van der Waals surface area contributed by atoms with E-state index in [1.165, 1.54) is 35.5 Å². The number of benzene rings is 2. The first kappa shape index (κ1) is 25.6. The van der Waals surface area contributed by atoms with Gasteiger partial charge in [-0.3, -0.25) is 4.79 Å². The van der Waals surface area contributed by atoms with Crippen molar-refractivity contribution in [1.29, 1.82) is 0 Å². The Hall–Kier alpha value is -3.01. The Kier molecular flexibility index (Phi) is 8.60. The van der Waals surface area contributed by atoms with E-state index in [4.69, 9.17) is 9.47 Å². The number of carbonyl (C=O) groups excluding carboxylic acids is 2. The monoisotopic (exact) mass is 486 g/mol. The number of esters is 1. The van der Waals surface area contributed by atoms with Gasteiger partial charge in [0.15, 0.2) is 6.10 Å². The zero-order chi connectivity index (χ0) is 24.7. The number of sulfonamides is 1. The van der Waals surface area contributed by atoms with E-state index in [1.54, 1.807) is 12.1 Å². The third kappa shape index (κ3) is 6.75. The van der Waals surface area contributed by atoms with Crippen LogP contribution in [0.1, 0.15) is 37.8 Å². The van der Waals surface area contributed by atoms with Gasteiger partial charge in [0.25, 0.3) is 5.91 Å². The van der Waals surface area contributed by atoms with Gasteiger partial charge in [-0.05, 0) is 54.3 Å². The molecule has 1 aliphatic rings. The second-order valence-corrected chi connectivity index (χ2v) is 10.2. The average molecular weight is 487 g/mol. The smallest absolute Gasteiger partial charge is 0.331 e. The normalized spacial score (nSPS) is 15.9. The number of nitrogens with zero attached hydrogens (tertiary/aromatic N) is 1. The van der Waals surface area contributed by atoms with Crippen molar-refractivity contribution < 1.29 is 27.5 Å². The molecule has 0 saturated carbocycles. The zero-order valence-electron chi connectivity index (χ0n) is 19.6. The number of rotatable bonds is 8. The fourth-order valence-electron chi connectivity index (χ4n) is 3.31. The van der Waals surface area contributed by atoms with Gasteiger partial charge in [0.2, 0.25) is 10.0 Å². The Labute approximate surface area is 200 Å². The lowest BCUT2D eigenvalue weighted by Crippen LogP contribution is -2.40. The Bertz CT molecular complexity index is 1120. The molecule has 1 unspecified atom stereocenters. The fourth-order valence-corrected chi connectivity index (χ4v) is 4.72. The third-order valence-corrected chi connectivity index (χ3v) is 7.32. The van der Waals surface area contributed by atoms with Crippen molar-refractivity contribution >= 4 is 33.7 Å². The largest absolute Gasteiger partial charge is 0.449 e. The molecule has 0 aromatic heterocycles. The van der Waals surface area contributed by atoms with Crippen LogP contribution < -0.4 is 5.32 Å². The van der Waals surface area contributed by atoms with Crippen molar-refractivity contribution in [3.8, 4) is 0 Å². The summed E-state index contributed by atoms with van der Waals surface area (Å²) in [5, 5.41) is 2.73. The lowest BCUT2D eigenvalue weighted by Gasteiger charge is -2.26. The van der Waals surface area contributed by atoms with Crippen LogP contribution in [-0.4, -0.2) is 57.0 Å². The highest BCUT2D eigenvalue weighted by molar-refractivity contribution is 7.89. The molecule has 182 valence electrons. The molecule has 1 amide bonds. The first-order valence-electron chi connectivity index (χ1n) is 11.1. The minimum Gasteiger partial charge on any atom is -0.449 e. The molecule has 0 spiro atoms. The Morgan fingerprint density at radius 1 is 1.00 bits per heavy atom. The zero-order valence-corrected chi connectivity index (χ0v) is 20.4. The summed E-state index contributed by atoms with van der Waals surface area (Å²) in [6.07, 6.45) is 1.72. The molecule has 1 aliphatic heterocycles. The number of anilines is 1. The van der Waals surface area contributed by atoms with Crippen molar-refractivity contribution in [3.05, 3.63) is 65.7 Å². The van der Waals surface area contributed by atoms with E-state index in [1.807, 2.05) is 24.3 Å². The minimum absolute atomic E-state index is 0.181. The van der Waals surface area contributed by atoms with E-state index < -0.39 is 28.0 Å². The van der Waals surface area contributed by atoms with Crippen LogP contribution in [0.2, 0.25) is 0 Å². The molecule has 1 saturated heterocycles. The number of amides is 1. The molecule has 0 radical (unpaired) electrons. The molecule has 1 heterocycles. The Morgan fingerprint density at radius 2 is 1.62 bits per heavy atom. The van der Waals surface area contributed by atoms with Gasteiger partial charge in [-0.2, -0.15) is 4.31 Å². The van der Waals surface area contributed by atoms with E-state index in [9.17, 15) is 18.0 Å². The van der Waals surface area contributed by atoms with E-state index >= 15 is 0 Å². The molecule has 9 heteroatoms. The Morgan fingerprint density at radius 3 is 2.21 bits per heavy atom. The first-order chi connectivity index (χ1) is 16.2. The molecule has 0 aliphatic carbocycles.